The van der Waals surface area contributed by atoms with E-state index in [-0.39, 0.29) is 11.9 Å². The van der Waals surface area contributed by atoms with Crippen LogP contribution in [0.1, 0.15) is 12.8 Å². The van der Waals surface area contributed by atoms with Gasteiger partial charge >= 0.3 is 0 Å². The lowest BCUT2D eigenvalue weighted by Gasteiger charge is -2.23. The third-order valence-electron chi connectivity index (χ3n) is 2.55. The Bertz CT molecular complexity index is 404. The Morgan fingerprint density at radius 1 is 1.44 bits per heavy atom. The third kappa shape index (κ3) is 2.62. The Labute approximate surface area is 101 Å². The minimum Gasteiger partial charge on any atom is -0.382 e. The van der Waals surface area contributed by atoms with Crippen LogP contribution in [-0.4, -0.2) is 31.7 Å². The Kier molecular flexibility index (Phi) is 3.60. The molecule has 0 unspecified atom stereocenters. The van der Waals surface area contributed by atoms with Gasteiger partial charge in [0.05, 0.1) is 0 Å². The molecule has 7 heteroatoms. The van der Waals surface area contributed by atoms with Crippen LogP contribution in [0, 0.1) is 0 Å². The van der Waals surface area contributed by atoms with Crippen LogP contribution in [0.5, 0.6) is 0 Å². The van der Waals surface area contributed by atoms with E-state index in [4.69, 9.17) is 17.3 Å². The fraction of sp³-hybridized carbons (Fsp3) is 0.556. The molecular formula is C9H13ClN4OS. The number of anilines is 2. The van der Waals surface area contributed by atoms with Crippen LogP contribution >= 0.6 is 11.6 Å². The second kappa shape index (κ2) is 4.97. The van der Waals surface area contributed by atoms with Gasteiger partial charge in [0.25, 0.3) is 0 Å². The third-order valence-corrected chi connectivity index (χ3v) is 4.30. The van der Waals surface area contributed by atoms with Crippen molar-refractivity contribution in [2.45, 2.75) is 18.9 Å². The average Bonchev–Trinajstić information content (AvgIpc) is 2.28. The fourth-order valence-corrected chi connectivity index (χ4v) is 3.07. The van der Waals surface area contributed by atoms with Gasteiger partial charge in [-0.05, 0) is 12.8 Å². The Morgan fingerprint density at radius 2 is 2.12 bits per heavy atom. The molecule has 1 aliphatic heterocycles. The summed E-state index contributed by atoms with van der Waals surface area (Å²) in [6.07, 6.45) is 3.12. The number of rotatable bonds is 2. The highest BCUT2D eigenvalue weighted by Gasteiger charge is 2.19. The molecule has 2 rings (SSSR count). The van der Waals surface area contributed by atoms with E-state index in [1.165, 1.54) is 6.33 Å². The van der Waals surface area contributed by atoms with Gasteiger partial charge in [-0.1, -0.05) is 11.6 Å². The van der Waals surface area contributed by atoms with Crippen LogP contribution < -0.4 is 11.1 Å². The number of nitrogens with one attached hydrogen (secondary N) is 1. The summed E-state index contributed by atoms with van der Waals surface area (Å²) >= 11 is 5.97. The van der Waals surface area contributed by atoms with Crippen molar-refractivity contribution in [3.05, 3.63) is 11.3 Å². The maximum Gasteiger partial charge on any atom is 0.150 e. The van der Waals surface area contributed by atoms with Gasteiger partial charge in [0.2, 0.25) is 0 Å². The molecular weight excluding hydrogens is 248 g/mol. The topological polar surface area (TPSA) is 80.9 Å². The lowest BCUT2D eigenvalue weighted by atomic mass is 10.1. The minimum absolute atomic E-state index is 0.268. The van der Waals surface area contributed by atoms with Crippen molar-refractivity contribution in [3.8, 4) is 0 Å². The number of hydrogen-bond donors (Lipinski definition) is 2. The molecule has 1 saturated heterocycles. The number of aromatic nitrogens is 2. The minimum atomic E-state index is -0.659. The molecule has 1 aromatic heterocycles. The zero-order valence-corrected chi connectivity index (χ0v) is 10.2. The van der Waals surface area contributed by atoms with Crippen molar-refractivity contribution in [1.29, 1.82) is 0 Å². The molecule has 88 valence electrons. The normalized spacial score (nSPS) is 25.3. The van der Waals surface area contributed by atoms with Crippen LogP contribution in [0.25, 0.3) is 0 Å². The van der Waals surface area contributed by atoms with E-state index in [1.807, 2.05) is 0 Å². The summed E-state index contributed by atoms with van der Waals surface area (Å²) in [5.41, 5.74) is 5.58. The SMILES string of the molecule is Nc1ncnc(NC2CCS(=O)CC2)c1Cl. The molecule has 0 bridgehead atoms. The quantitative estimate of drug-likeness (QED) is 0.830. The van der Waals surface area contributed by atoms with Crippen LogP contribution in [0.2, 0.25) is 5.02 Å². The van der Waals surface area contributed by atoms with Crippen molar-refractivity contribution in [3.63, 3.8) is 0 Å². The number of nitrogens with zero attached hydrogens (tertiary/aromatic N) is 2. The number of nitrogens with two attached hydrogens (primary N) is 1. The van der Waals surface area contributed by atoms with E-state index in [2.05, 4.69) is 15.3 Å². The van der Waals surface area contributed by atoms with Crippen LogP contribution in [0.3, 0.4) is 0 Å². The molecule has 3 N–H and O–H groups in total. The predicted molar refractivity (Wildman–Crippen MR) is 66.0 cm³/mol. The Balaban J connectivity index is 2.04. The summed E-state index contributed by atoms with van der Waals surface area (Å²) in [5, 5.41) is 3.57. The largest absolute Gasteiger partial charge is 0.382 e. The van der Waals surface area contributed by atoms with Crippen LogP contribution in [0.15, 0.2) is 6.33 Å². The summed E-state index contributed by atoms with van der Waals surface area (Å²) in [5.74, 6) is 2.30. The predicted octanol–water partition coefficient (Wildman–Crippen LogP) is 1.04. The molecule has 2 heterocycles. The molecule has 0 aromatic carbocycles. The molecule has 5 nitrogen and oxygen atoms in total. The lowest BCUT2D eigenvalue weighted by Crippen LogP contribution is -2.29. The lowest BCUT2D eigenvalue weighted by molar-refractivity contribution is 0.622. The smallest absolute Gasteiger partial charge is 0.150 e. The van der Waals surface area contributed by atoms with E-state index in [9.17, 15) is 4.21 Å². The summed E-state index contributed by atoms with van der Waals surface area (Å²) in [6.45, 7) is 0. The summed E-state index contributed by atoms with van der Waals surface area (Å²) in [7, 11) is -0.659. The van der Waals surface area contributed by atoms with E-state index < -0.39 is 10.8 Å². The van der Waals surface area contributed by atoms with Crippen molar-refractivity contribution < 1.29 is 4.21 Å². The van der Waals surface area contributed by atoms with Gasteiger partial charge in [0.1, 0.15) is 17.2 Å². The van der Waals surface area contributed by atoms with Gasteiger partial charge in [-0.25, -0.2) is 9.97 Å². The van der Waals surface area contributed by atoms with Crippen molar-refractivity contribution in [2.24, 2.45) is 0 Å². The summed E-state index contributed by atoms with van der Waals surface area (Å²) in [4.78, 5) is 7.83. The molecule has 0 aliphatic carbocycles. The fourth-order valence-electron chi connectivity index (χ4n) is 1.62. The second-order valence-electron chi connectivity index (χ2n) is 3.69. The first-order valence-electron chi connectivity index (χ1n) is 5.04. The molecule has 0 atom stereocenters. The summed E-state index contributed by atoms with van der Waals surface area (Å²) < 4.78 is 11.2. The first-order valence-corrected chi connectivity index (χ1v) is 6.91. The zero-order valence-electron chi connectivity index (χ0n) is 8.65. The van der Waals surface area contributed by atoms with Gasteiger partial charge in [-0.2, -0.15) is 0 Å². The first-order chi connectivity index (χ1) is 7.66. The molecule has 1 aliphatic rings. The van der Waals surface area contributed by atoms with Crippen LogP contribution in [0.4, 0.5) is 11.6 Å². The molecule has 0 saturated carbocycles. The van der Waals surface area contributed by atoms with E-state index in [0.29, 0.717) is 10.8 Å². The Hall–Kier alpha value is -0.880. The van der Waals surface area contributed by atoms with Crippen LogP contribution in [-0.2, 0) is 10.8 Å². The van der Waals surface area contributed by atoms with Gasteiger partial charge in [-0.15, -0.1) is 0 Å². The van der Waals surface area contributed by atoms with Gasteiger partial charge < -0.3 is 11.1 Å². The maximum absolute atomic E-state index is 11.2. The van der Waals surface area contributed by atoms with Gasteiger partial charge in [0.15, 0.2) is 5.82 Å². The van der Waals surface area contributed by atoms with E-state index in [0.717, 1.165) is 24.3 Å². The molecule has 1 aromatic rings. The van der Waals surface area contributed by atoms with Crippen molar-refractivity contribution in [1.82, 2.24) is 9.97 Å². The highest BCUT2D eigenvalue weighted by atomic mass is 35.5. The standard InChI is InChI=1S/C9H13ClN4OS/c10-7-8(11)12-5-13-9(7)14-6-1-3-16(15)4-2-6/h5-6H,1-4H2,(H3,11,12,13,14). The van der Waals surface area contributed by atoms with Crippen molar-refractivity contribution in [2.75, 3.05) is 22.6 Å². The van der Waals surface area contributed by atoms with Gasteiger partial charge in [-0.3, -0.25) is 4.21 Å². The van der Waals surface area contributed by atoms with E-state index >= 15 is 0 Å². The molecule has 0 radical (unpaired) electrons. The van der Waals surface area contributed by atoms with E-state index in [1.54, 1.807) is 0 Å². The molecule has 0 amide bonds. The number of nitrogen functional groups attached to an aromatic ring is 1. The number of halogens is 1. The first kappa shape index (κ1) is 11.6. The number of hydrogen-bond acceptors (Lipinski definition) is 5. The average molecular weight is 261 g/mol. The highest BCUT2D eigenvalue weighted by molar-refractivity contribution is 7.85. The molecule has 0 spiro atoms. The monoisotopic (exact) mass is 260 g/mol. The zero-order chi connectivity index (χ0) is 11.5. The highest BCUT2D eigenvalue weighted by Crippen LogP contribution is 2.25. The molecule has 1 fully saturated rings. The maximum atomic E-state index is 11.2. The Morgan fingerprint density at radius 3 is 2.81 bits per heavy atom. The summed E-state index contributed by atoms with van der Waals surface area (Å²) in [6, 6.07) is 0.268. The second-order valence-corrected chi connectivity index (χ2v) is 5.76. The van der Waals surface area contributed by atoms with Gasteiger partial charge in [0, 0.05) is 28.3 Å². The molecule has 16 heavy (non-hydrogen) atoms. The van der Waals surface area contributed by atoms with Crippen molar-refractivity contribution >= 4 is 34.0 Å².